The highest BCUT2D eigenvalue weighted by Gasteiger charge is 2.39. The van der Waals surface area contributed by atoms with Crippen LogP contribution in [0.4, 0.5) is 0 Å². The number of carbonyl (C=O) groups excluding carboxylic acids is 3. The number of allylic oxidation sites excluding steroid dienone is 21. The summed E-state index contributed by atoms with van der Waals surface area (Å²) in [5.41, 5.74) is 7.88. The average molecular weight is 623 g/mol. The molecule has 4 heteroatoms. The van der Waals surface area contributed by atoms with Gasteiger partial charge in [-0.05, 0) is 81.1 Å². The number of Topliss-reactive ketones (excluding diaryl/α,β-unsaturated/α-hetero) is 2. The van der Waals surface area contributed by atoms with Crippen molar-refractivity contribution >= 4 is 17.5 Å². The van der Waals surface area contributed by atoms with Gasteiger partial charge < -0.3 is 4.74 Å². The van der Waals surface area contributed by atoms with Gasteiger partial charge in [-0.1, -0.05) is 135 Å². The average Bonchev–Trinajstić information content (AvgIpc) is 2.95. The largest absolute Gasteiger partial charge is 0.454 e. The molecule has 0 aromatic heterocycles. The van der Waals surface area contributed by atoms with E-state index in [0.717, 1.165) is 45.4 Å². The van der Waals surface area contributed by atoms with Gasteiger partial charge >= 0.3 is 5.97 Å². The van der Waals surface area contributed by atoms with Crippen LogP contribution in [0, 0.1) is 10.8 Å². The van der Waals surface area contributed by atoms with Crippen molar-refractivity contribution in [1.82, 2.24) is 0 Å². The van der Waals surface area contributed by atoms with Crippen molar-refractivity contribution in [2.24, 2.45) is 10.8 Å². The topological polar surface area (TPSA) is 60.4 Å². The lowest BCUT2D eigenvalue weighted by Gasteiger charge is -2.36. The molecule has 0 fully saturated rings. The third-order valence-electron chi connectivity index (χ3n) is 8.62. The fourth-order valence-electron chi connectivity index (χ4n) is 5.72. The van der Waals surface area contributed by atoms with Crippen molar-refractivity contribution in [3.63, 3.8) is 0 Å². The highest BCUT2D eigenvalue weighted by atomic mass is 16.5. The van der Waals surface area contributed by atoms with Gasteiger partial charge in [-0.3, -0.25) is 14.4 Å². The number of hydrogen-bond acceptors (Lipinski definition) is 4. The fraction of sp³-hybridized carbons (Fsp3) is 0.405. The van der Waals surface area contributed by atoms with Crippen molar-refractivity contribution in [1.29, 1.82) is 0 Å². The molecule has 0 saturated carbocycles. The summed E-state index contributed by atoms with van der Waals surface area (Å²) in [7, 11) is 0. The van der Waals surface area contributed by atoms with Gasteiger partial charge in [0.05, 0.1) is 0 Å². The van der Waals surface area contributed by atoms with Crippen LogP contribution in [-0.4, -0.2) is 23.6 Å². The summed E-state index contributed by atoms with van der Waals surface area (Å²) in [5.74, 6) is -0.285. The van der Waals surface area contributed by atoms with Crippen molar-refractivity contribution < 1.29 is 19.1 Å². The smallest absolute Gasteiger partial charge is 0.303 e. The number of ether oxygens (including phenoxy) is 1. The molecule has 0 amide bonds. The first-order valence-electron chi connectivity index (χ1n) is 16.2. The second-order valence-electron chi connectivity index (χ2n) is 13.8. The Morgan fingerprint density at radius 3 is 1.57 bits per heavy atom. The van der Waals surface area contributed by atoms with E-state index in [1.165, 1.54) is 6.92 Å². The molecule has 0 saturated heterocycles. The van der Waals surface area contributed by atoms with Crippen molar-refractivity contribution in [3.05, 3.63) is 130 Å². The SMILES string of the molecule is CC(=O)O[C@H]1CC(C)(C)C(/C=C/C(C)=C/C=C/C(C)=C/C=C/C=C(C)/C=C/C=C(C)/C=C/C2=C(C)C(=O)CCC2(C)C)=C(C)C1=O. The van der Waals surface area contributed by atoms with Crippen LogP contribution >= 0.6 is 0 Å². The van der Waals surface area contributed by atoms with Crippen LogP contribution in [0.1, 0.15) is 95.4 Å². The molecule has 0 aliphatic heterocycles. The van der Waals surface area contributed by atoms with Gasteiger partial charge in [-0.25, -0.2) is 0 Å². The third-order valence-corrected chi connectivity index (χ3v) is 8.62. The molecule has 2 aliphatic carbocycles. The van der Waals surface area contributed by atoms with Gasteiger partial charge in [0, 0.05) is 19.8 Å². The monoisotopic (exact) mass is 622 g/mol. The van der Waals surface area contributed by atoms with Gasteiger partial charge in [0.2, 0.25) is 0 Å². The molecule has 246 valence electrons. The van der Waals surface area contributed by atoms with E-state index in [4.69, 9.17) is 4.74 Å². The number of ketones is 2. The van der Waals surface area contributed by atoms with E-state index >= 15 is 0 Å². The summed E-state index contributed by atoms with van der Waals surface area (Å²) in [5, 5.41) is 0. The Morgan fingerprint density at radius 2 is 1.09 bits per heavy atom. The van der Waals surface area contributed by atoms with Crippen LogP contribution in [0.15, 0.2) is 130 Å². The molecule has 0 N–H and O–H groups in total. The zero-order valence-corrected chi connectivity index (χ0v) is 29.9. The van der Waals surface area contributed by atoms with Crippen LogP contribution in [0.25, 0.3) is 0 Å². The molecule has 0 radical (unpaired) electrons. The van der Waals surface area contributed by atoms with E-state index in [-0.39, 0.29) is 22.4 Å². The minimum atomic E-state index is -0.708. The predicted molar refractivity (Wildman–Crippen MR) is 193 cm³/mol. The molecule has 0 heterocycles. The molecular weight excluding hydrogens is 568 g/mol. The number of rotatable bonds is 11. The molecule has 2 rings (SSSR count). The Morgan fingerprint density at radius 1 is 0.652 bits per heavy atom. The van der Waals surface area contributed by atoms with E-state index in [1.807, 2.05) is 57.2 Å². The molecule has 0 bridgehead atoms. The van der Waals surface area contributed by atoms with Crippen LogP contribution in [-0.2, 0) is 19.1 Å². The zero-order valence-electron chi connectivity index (χ0n) is 29.9. The van der Waals surface area contributed by atoms with E-state index < -0.39 is 12.1 Å². The zero-order chi connectivity index (χ0) is 34.7. The normalized spacial score (nSPS) is 22.2. The van der Waals surface area contributed by atoms with Gasteiger partial charge in [0.1, 0.15) is 0 Å². The van der Waals surface area contributed by atoms with Gasteiger partial charge in [0.15, 0.2) is 17.7 Å². The molecule has 4 nitrogen and oxygen atoms in total. The summed E-state index contributed by atoms with van der Waals surface area (Å²) >= 11 is 0. The van der Waals surface area contributed by atoms with Crippen molar-refractivity contribution in [2.45, 2.75) is 102 Å². The second-order valence-corrected chi connectivity index (χ2v) is 13.8. The first-order valence-corrected chi connectivity index (χ1v) is 16.2. The van der Waals surface area contributed by atoms with E-state index in [1.54, 1.807) is 0 Å². The van der Waals surface area contributed by atoms with Gasteiger partial charge in [-0.2, -0.15) is 0 Å². The molecule has 0 aromatic rings. The molecule has 46 heavy (non-hydrogen) atoms. The Hall–Kier alpha value is -4.05. The first kappa shape index (κ1) is 38.1. The highest BCUT2D eigenvalue weighted by Crippen LogP contribution is 2.41. The summed E-state index contributed by atoms with van der Waals surface area (Å²) in [4.78, 5) is 36.3. The Balaban J connectivity index is 1.96. The van der Waals surface area contributed by atoms with E-state index in [9.17, 15) is 14.4 Å². The lowest BCUT2D eigenvalue weighted by Crippen LogP contribution is -2.38. The molecule has 1 atom stereocenters. The lowest BCUT2D eigenvalue weighted by atomic mass is 9.71. The summed E-state index contributed by atoms with van der Waals surface area (Å²) in [6.45, 7) is 21.9. The lowest BCUT2D eigenvalue weighted by molar-refractivity contribution is -0.153. The molecule has 0 unspecified atom stereocenters. The van der Waals surface area contributed by atoms with Crippen molar-refractivity contribution in [2.75, 3.05) is 0 Å². The summed E-state index contributed by atoms with van der Waals surface area (Å²) in [6, 6.07) is 0. The first-order chi connectivity index (χ1) is 21.4. The third kappa shape index (κ3) is 11.7. The maximum absolute atomic E-state index is 12.7. The van der Waals surface area contributed by atoms with Crippen LogP contribution in [0.5, 0.6) is 0 Å². The van der Waals surface area contributed by atoms with Crippen LogP contribution in [0.3, 0.4) is 0 Å². The minimum Gasteiger partial charge on any atom is -0.454 e. The summed E-state index contributed by atoms with van der Waals surface area (Å²) < 4.78 is 5.27. The van der Waals surface area contributed by atoms with Gasteiger partial charge in [-0.15, -0.1) is 0 Å². The number of carbonyl (C=O) groups is 3. The predicted octanol–water partition coefficient (Wildman–Crippen LogP) is 10.5. The summed E-state index contributed by atoms with van der Waals surface area (Å²) in [6.07, 6.45) is 30.1. The maximum Gasteiger partial charge on any atom is 0.303 e. The van der Waals surface area contributed by atoms with E-state index in [0.29, 0.717) is 18.4 Å². The molecular formula is C42H54O4. The molecule has 0 aromatic carbocycles. The van der Waals surface area contributed by atoms with Crippen molar-refractivity contribution in [3.8, 4) is 0 Å². The second kappa shape index (κ2) is 17.0. The minimum absolute atomic E-state index is 0.0276. The molecule has 0 spiro atoms. The fourth-order valence-corrected chi connectivity index (χ4v) is 5.72. The highest BCUT2D eigenvalue weighted by molar-refractivity contribution is 6.01. The Labute approximate surface area is 278 Å². The Kier molecular flexibility index (Phi) is 14.1. The van der Waals surface area contributed by atoms with E-state index in [2.05, 4.69) is 97.1 Å². The Bertz CT molecular complexity index is 1530. The standard InChI is InChI=1S/C42H54O4/c1-29(18-14-20-31(3)22-24-36-33(5)38(44)26-27-41(36,8)9)16-12-13-17-30(2)19-15-21-32(4)23-25-37-34(6)40(45)39(46-35(7)43)28-42(37,10)11/h12-25,39H,26-28H2,1-11H3/b13-12+,18-14+,19-15+,24-22+,25-23+,29-16+,30-17+,31-20+,32-21+/t39-/m0/s1. The maximum atomic E-state index is 12.7. The quantitative estimate of drug-likeness (QED) is 0.170. The van der Waals surface area contributed by atoms with Crippen LogP contribution < -0.4 is 0 Å². The number of hydrogen-bond donors (Lipinski definition) is 0. The van der Waals surface area contributed by atoms with Gasteiger partial charge in [0.25, 0.3) is 0 Å². The molecule has 2 aliphatic rings. The number of esters is 1. The van der Waals surface area contributed by atoms with Crippen LogP contribution in [0.2, 0.25) is 0 Å².